The predicted molar refractivity (Wildman–Crippen MR) is 80.5 cm³/mol. The van der Waals surface area contributed by atoms with E-state index < -0.39 is 0 Å². The van der Waals surface area contributed by atoms with Gasteiger partial charge < -0.3 is 5.32 Å². The molecule has 1 saturated carbocycles. The molecular weight excluding hydrogens is 246 g/mol. The molecule has 1 fully saturated rings. The Bertz CT molecular complexity index is 550. The third kappa shape index (κ3) is 2.73. The molecule has 3 heteroatoms. The van der Waals surface area contributed by atoms with E-state index >= 15 is 0 Å². The average Bonchev–Trinajstić information content (AvgIpc) is 3.27. The molecule has 3 nitrogen and oxygen atoms in total. The van der Waals surface area contributed by atoms with Crippen molar-refractivity contribution in [3.05, 3.63) is 59.7 Å². The van der Waals surface area contributed by atoms with Crippen LogP contribution >= 0.6 is 0 Å². The quantitative estimate of drug-likeness (QED) is 0.903. The molecule has 0 aliphatic heterocycles. The average molecular weight is 267 g/mol. The number of aromatic nitrogens is 2. The fourth-order valence-corrected chi connectivity index (χ4v) is 2.92. The van der Waals surface area contributed by atoms with E-state index in [-0.39, 0.29) is 0 Å². The van der Waals surface area contributed by atoms with Gasteiger partial charge in [0.25, 0.3) is 0 Å². The van der Waals surface area contributed by atoms with Gasteiger partial charge in [0.05, 0.1) is 23.6 Å². The molecule has 104 valence electrons. The Hall–Kier alpha value is -1.74. The maximum Gasteiger partial charge on any atom is 0.0759 e. The summed E-state index contributed by atoms with van der Waals surface area (Å²) in [5.74, 6) is 1.29. The molecule has 1 heterocycles. The molecule has 1 aliphatic rings. The van der Waals surface area contributed by atoms with Crippen LogP contribution in [-0.4, -0.2) is 16.5 Å². The van der Waals surface area contributed by atoms with Gasteiger partial charge in [-0.05, 0) is 37.3 Å². The summed E-state index contributed by atoms with van der Waals surface area (Å²) in [5.41, 5.74) is 3.49. The van der Waals surface area contributed by atoms with E-state index in [1.165, 1.54) is 12.0 Å². The van der Waals surface area contributed by atoms with Gasteiger partial charge >= 0.3 is 0 Å². The first kappa shape index (κ1) is 13.3. The van der Waals surface area contributed by atoms with Gasteiger partial charge in [-0.3, -0.25) is 9.97 Å². The van der Waals surface area contributed by atoms with E-state index in [1.54, 1.807) is 0 Å². The molecule has 0 spiro atoms. The summed E-state index contributed by atoms with van der Waals surface area (Å²) in [6, 6.07) is 11.1. The molecule has 0 amide bonds. The molecule has 1 aromatic carbocycles. The lowest BCUT2D eigenvalue weighted by molar-refractivity contribution is 0.474. The highest BCUT2D eigenvalue weighted by atomic mass is 15.0. The van der Waals surface area contributed by atoms with Gasteiger partial charge in [-0.25, -0.2) is 0 Å². The number of benzene rings is 1. The van der Waals surface area contributed by atoms with E-state index in [0.29, 0.717) is 17.9 Å². The molecule has 0 radical (unpaired) electrons. The maximum absolute atomic E-state index is 4.56. The number of rotatable bonds is 5. The van der Waals surface area contributed by atoms with Crippen LogP contribution in [0.2, 0.25) is 0 Å². The fourth-order valence-electron chi connectivity index (χ4n) is 2.92. The first-order valence-corrected chi connectivity index (χ1v) is 7.36. The Morgan fingerprint density at radius 3 is 2.65 bits per heavy atom. The lowest BCUT2D eigenvalue weighted by atomic mass is 10.0. The van der Waals surface area contributed by atoms with Gasteiger partial charge in [0.1, 0.15) is 0 Å². The Morgan fingerprint density at radius 1 is 1.20 bits per heavy atom. The second kappa shape index (κ2) is 5.71. The molecular formula is C17H21N3. The zero-order chi connectivity index (χ0) is 13.9. The highest BCUT2D eigenvalue weighted by Gasteiger charge is 2.44. The van der Waals surface area contributed by atoms with Crippen LogP contribution in [0.25, 0.3) is 0 Å². The van der Waals surface area contributed by atoms with Crippen molar-refractivity contribution in [3.8, 4) is 0 Å². The fraction of sp³-hybridized carbons (Fsp3) is 0.412. The van der Waals surface area contributed by atoms with Crippen molar-refractivity contribution < 1.29 is 0 Å². The Labute approximate surface area is 120 Å². The number of hydrogen-bond acceptors (Lipinski definition) is 3. The van der Waals surface area contributed by atoms with Crippen molar-refractivity contribution in [2.75, 3.05) is 6.54 Å². The van der Waals surface area contributed by atoms with Gasteiger partial charge in [-0.2, -0.15) is 0 Å². The third-order valence-corrected chi connectivity index (χ3v) is 4.04. The third-order valence-electron chi connectivity index (χ3n) is 4.04. The minimum Gasteiger partial charge on any atom is -0.309 e. The second-order valence-electron chi connectivity index (χ2n) is 5.53. The van der Waals surface area contributed by atoms with Gasteiger partial charge in [0, 0.05) is 6.20 Å². The second-order valence-corrected chi connectivity index (χ2v) is 5.53. The summed E-state index contributed by atoms with van der Waals surface area (Å²) in [6.45, 7) is 5.08. The smallest absolute Gasteiger partial charge is 0.0759 e. The summed E-state index contributed by atoms with van der Waals surface area (Å²) in [5, 5.41) is 3.58. The summed E-state index contributed by atoms with van der Waals surface area (Å²) in [7, 11) is 0. The lowest BCUT2D eigenvalue weighted by Crippen LogP contribution is -2.24. The van der Waals surface area contributed by atoms with E-state index in [1.807, 2.05) is 19.3 Å². The molecule has 3 atom stereocenters. The van der Waals surface area contributed by atoms with Gasteiger partial charge in [-0.1, -0.05) is 37.3 Å². The van der Waals surface area contributed by atoms with E-state index in [0.717, 1.165) is 17.9 Å². The monoisotopic (exact) mass is 267 g/mol. The van der Waals surface area contributed by atoms with Crippen molar-refractivity contribution in [1.82, 2.24) is 15.3 Å². The topological polar surface area (TPSA) is 37.8 Å². The first-order valence-electron chi connectivity index (χ1n) is 7.36. The van der Waals surface area contributed by atoms with Crippen molar-refractivity contribution >= 4 is 0 Å². The predicted octanol–water partition coefficient (Wildman–Crippen LogP) is 3.24. The molecule has 1 aliphatic carbocycles. The Morgan fingerprint density at radius 2 is 2.00 bits per heavy atom. The van der Waals surface area contributed by atoms with Crippen molar-refractivity contribution in [3.63, 3.8) is 0 Å². The van der Waals surface area contributed by atoms with Crippen molar-refractivity contribution in [2.45, 2.75) is 32.2 Å². The molecule has 1 aromatic heterocycles. The van der Waals surface area contributed by atoms with Gasteiger partial charge in [0.15, 0.2) is 0 Å². The number of hydrogen-bond donors (Lipinski definition) is 1. The zero-order valence-corrected chi connectivity index (χ0v) is 12.1. The minimum absolute atomic E-state index is 0.318. The molecule has 1 N–H and O–H groups in total. The maximum atomic E-state index is 4.56. The molecule has 0 bridgehead atoms. The van der Waals surface area contributed by atoms with Gasteiger partial charge in [0.2, 0.25) is 0 Å². The van der Waals surface area contributed by atoms with Crippen LogP contribution in [0, 0.1) is 12.8 Å². The Kier molecular flexibility index (Phi) is 3.79. The molecule has 3 unspecified atom stereocenters. The summed E-state index contributed by atoms with van der Waals surface area (Å²) >= 11 is 0. The molecule has 20 heavy (non-hydrogen) atoms. The number of nitrogens with one attached hydrogen (secondary N) is 1. The van der Waals surface area contributed by atoms with E-state index in [2.05, 4.69) is 52.5 Å². The Balaban J connectivity index is 1.78. The number of nitrogens with zero attached hydrogens (tertiary/aromatic N) is 2. The molecule has 0 saturated heterocycles. The van der Waals surface area contributed by atoms with Crippen molar-refractivity contribution in [2.24, 2.45) is 5.92 Å². The van der Waals surface area contributed by atoms with Crippen LogP contribution < -0.4 is 5.32 Å². The van der Waals surface area contributed by atoms with Crippen LogP contribution in [0.3, 0.4) is 0 Å². The van der Waals surface area contributed by atoms with Gasteiger partial charge in [-0.15, -0.1) is 0 Å². The largest absolute Gasteiger partial charge is 0.309 e. The normalized spacial score (nSPS) is 22.5. The molecule has 3 rings (SSSR count). The first-order chi connectivity index (χ1) is 9.79. The minimum atomic E-state index is 0.318. The van der Waals surface area contributed by atoms with Crippen LogP contribution in [0.4, 0.5) is 0 Å². The number of aryl methyl sites for hydroxylation is 1. The van der Waals surface area contributed by atoms with Crippen LogP contribution in [0.15, 0.2) is 42.7 Å². The van der Waals surface area contributed by atoms with Crippen LogP contribution in [-0.2, 0) is 0 Å². The summed E-state index contributed by atoms with van der Waals surface area (Å²) in [4.78, 5) is 8.95. The SMILES string of the molecule is CCNC(c1cnc(C)cn1)C1CC1c1ccccc1. The van der Waals surface area contributed by atoms with Crippen LogP contribution in [0.5, 0.6) is 0 Å². The molecule has 2 aromatic rings. The summed E-state index contributed by atoms with van der Waals surface area (Å²) < 4.78 is 0. The van der Waals surface area contributed by atoms with E-state index in [9.17, 15) is 0 Å². The van der Waals surface area contributed by atoms with Crippen molar-refractivity contribution in [1.29, 1.82) is 0 Å². The highest BCUT2D eigenvalue weighted by Crippen LogP contribution is 2.53. The standard InChI is InChI=1S/C17H21N3/c1-3-18-17(16-11-19-12(2)10-20-16)15-9-14(15)13-7-5-4-6-8-13/h4-8,10-11,14-15,17-18H,3,9H2,1-2H3. The summed E-state index contributed by atoms with van der Waals surface area (Å²) in [6.07, 6.45) is 5.01. The highest BCUT2D eigenvalue weighted by molar-refractivity contribution is 5.28. The van der Waals surface area contributed by atoms with Crippen LogP contribution in [0.1, 0.15) is 42.3 Å². The lowest BCUT2D eigenvalue weighted by Gasteiger charge is -2.17. The van der Waals surface area contributed by atoms with E-state index in [4.69, 9.17) is 0 Å². The zero-order valence-electron chi connectivity index (χ0n) is 12.1.